The van der Waals surface area contributed by atoms with Gasteiger partial charge in [0.1, 0.15) is 5.15 Å². The van der Waals surface area contributed by atoms with E-state index in [1.165, 1.54) is 0 Å². The Morgan fingerprint density at radius 2 is 1.82 bits per heavy atom. The molecule has 202 valence electrons. The van der Waals surface area contributed by atoms with Gasteiger partial charge >= 0.3 is 5.97 Å². The van der Waals surface area contributed by atoms with Gasteiger partial charge in [0.2, 0.25) is 5.91 Å². The van der Waals surface area contributed by atoms with E-state index >= 15 is 0 Å². The fourth-order valence-corrected chi connectivity index (χ4v) is 4.58. The molecule has 3 atom stereocenters. The molecule has 0 bridgehead atoms. The molecular formula is C27H29Cl2N3O6. The number of carboxylic acid groups (broad SMARTS) is 1. The van der Waals surface area contributed by atoms with Crippen molar-refractivity contribution in [1.29, 1.82) is 0 Å². The maximum absolute atomic E-state index is 12.4. The van der Waals surface area contributed by atoms with Crippen molar-refractivity contribution in [1.82, 2.24) is 9.55 Å². The van der Waals surface area contributed by atoms with Gasteiger partial charge in [-0.25, -0.2) is 4.98 Å². The summed E-state index contributed by atoms with van der Waals surface area (Å²) in [6.45, 7) is 0.370. The number of aromatic nitrogens is 2. The number of aliphatic carboxylic acids is 1. The first-order valence-corrected chi connectivity index (χ1v) is 13.1. The second-order valence-electron chi connectivity index (χ2n) is 9.10. The second kappa shape index (κ2) is 13.2. The minimum absolute atomic E-state index is 0.0423. The van der Waals surface area contributed by atoms with Crippen LogP contribution in [0, 0.1) is 0 Å². The first-order valence-electron chi connectivity index (χ1n) is 12.3. The number of anilines is 1. The van der Waals surface area contributed by atoms with Crippen LogP contribution in [0.3, 0.4) is 0 Å². The number of rotatable bonds is 11. The summed E-state index contributed by atoms with van der Waals surface area (Å²) in [4.78, 5) is 27.1. The molecule has 0 spiro atoms. The van der Waals surface area contributed by atoms with Crippen LogP contribution in [0.4, 0.5) is 5.69 Å². The van der Waals surface area contributed by atoms with E-state index in [9.17, 15) is 14.7 Å². The largest absolute Gasteiger partial charge is 0.481 e. The number of carbonyl (C=O) groups excluding carboxylic acids is 1. The molecular weight excluding hydrogens is 533 g/mol. The van der Waals surface area contributed by atoms with Crippen molar-refractivity contribution in [2.24, 2.45) is 0 Å². The molecule has 0 aliphatic carbocycles. The molecule has 3 aromatic rings. The summed E-state index contributed by atoms with van der Waals surface area (Å²) in [5.41, 5.74) is 3.07. The van der Waals surface area contributed by atoms with Crippen LogP contribution in [-0.4, -0.2) is 37.7 Å². The van der Waals surface area contributed by atoms with Crippen LogP contribution in [0.25, 0.3) is 0 Å². The van der Waals surface area contributed by atoms with E-state index < -0.39 is 12.3 Å². The Morgan fingerprint density at radius 3 is 2.50 bits per heavy atom. The van der Waals surface area contributed by atoms with Crippen LogP contribution in [0.5, 0.6) is 0 Å². The van der Waals surface area contributed by atoms with Gasteiger partial charge in [0.15, 0.2) is 11.4 Å². The highest BCUT2D eigenvalue weighted by Gasteiger charge is 2.33. The summed E-state index contributed by atoms with van der Waals surface area (Å²) in [5.74, 6) is -1.06. The first kappa shape index (κ1) is 28.1. The number of amides is 1. The SMILES string of the molecule is O=C(O)CCCCC(=O)Nc1cccc(C2OC(Cn3cnc(Cl)c3Cl)CC(c3ccc(CO)cc3)O2)c1. The van der Waals surface area contributed by atoms with Gasteiger partial charge in [-0.05, 0) is 36.1 Å². The molecule has 3 N–H and O–H groups in total. The number of imidazole rings is 1. The Morgan fingerprint density at radius 1 is 1.05 bits per heavy atom. The molecule has 2 aromatic carbocycles. The predicted molar refractivity (Wildman–Crippen MR) is 142 cm³/mol. The fraction of sp³-hybridized carbons (Fsp3) is 0.370. The Bertz CT molecular complexity index is 1250. The van der Waals surface area contributed by atoms with E-state index in [1.54, 1.807) is 23.0 Å². The number of aliphatic hydroxyl groups is 1. The minimum Gasteiger partial charge on any atom is -0.481 e. The fourth-order valence-electron chi connectivity index (χ4n) is 4.27. The van der Waals surface area contributed by atoms with Crippen LogP contribution >= 0.6 is 23.2 Å². The summed E-state index contributed by atoms with van der Waals surface area (Å²) in [7, 11) is 0. The normalized spacial score (nSPS) is 19.3. The van der Waals surface area contributed by atoms with Gasteiger partial charge in [-0.2, -0.15) is 0 Å². The van der Waals surface area contributed by atoms with Crippen molar-refractivity contribution in [2.75, 3.05) is 5.32 Å². The van der Waals surface area contributed by atoms with Crippen LogP contribution in [0.15, 0.2) is 54.9 Å². The van der Waals surface area contributed by atoms with Gasteiger partial charge < -0.3 is 29.6 Å². The van der Waals surface area contributed by atoms with E-state index in [2.05, 4.69) is 10.3 Å². The van der Waals surface area contributed by atoms with E-state index in [4.69, 9.17) is 37.8 Å². The number of aliphatic hydroxyl groups excluding tert-OH is 1. The molecule has 0 radical (unpaired) electrons. The number of unbranched alkanes of at least 4 members (excludes halogenated alkanes) is 1. The molecule has 2 heterocycles. The Kier molecular flexibility index (Phi) is 9.76. The third-order valence-electron chi connectivity index (χ3n) is 6.24. The summed E-state index contributed by atoms with van der Waals surface area (Å²) >= 11 is 12.3. The van der Waals surface area contributed by atoms with Crippen molar-refractivity contribution in [2.45, 2.75) is 63.8 Å². The van der Waals surface area contributed by atoms with Crippen molar-refractivity contribution in [3.8, 4) is 0 Å². The van der Waals surface area contributed by atoms with E-state index in [-0.39, 0.29) is 42.7 Å². The van der Waals surface area contributed by atoms with Crippen LogP contribution in [0.1, 0.15) is 61.2 Å². The average Bonchev–Trinajstić information content (AvgIpc) is 3.23. The maximum Gasteiger partial charge on any atom is 0.303 e. The number of hydrogen-bond acceptors (Lipinski definition) is 6. The van der Waals surface area contributed by atoms with Gasteiger partial charge in [-0.15, -0.1) is 0 Å². The third kappa shape index (κ3) is 7.55. The number of nitrogens with zero attached hydrogens (tertiary/aromatic N) is 2. The number of nitrogens with one attached hydrogen (secondary N) is 1. The highest BCUT2D eigenvalue weighted by molar-refractivity contribution is 6.40. The summed E-state index contributed by atoms with van der Waals surface area (Å²) in [6, 6.07) is 14.8. The molecule has 1 aliphatic rings. The molecule has 9 nitrogen and oxygen atoms in total. The lowest BCUT2D eigenvalue weighted by molar-refractivity contribution is -0.252. The highest BCUT2D eigenvalue weighted by Crippen LogP contribution is 2.39. The van der Waals surface area contributed by atoms with Crippen LogP contribution < -0.4 is 5.32 Å². The number of benzene rings is 2. The molecule has 1 aromatic heterocycles. The van der Waals surface area contributed by atoms with Crippen molar-refractivity contribution in [3.05, 3.63) is 81.9 Å². The van der Waals surface area contributed by atoms with Crippen LogP contribution in [0.2, 0.25) is 10.3 Å². The first-order chi connectivity index (χ1) is 18.3. The lowest BCUT2D eigenvalue weighted by Gasteiger charge is -2.36. The predicted octanol–water partition coefficient (Wildman–Crippen LogP) is 5.51. The van der Waals surface area contributed by atoms with Gasteiger partial charge in [0.05, 0.1) is 31.7 Å². The van der Waals surface area contributed by atoms with E-state index in [1.807, 2.05) is 36.4 Å². The molecule has 3 unspecified atom stereocenters. The van der Waals surface area contributed by atoms with E-state index in [0.29, 0.717) is 36.6 Å². The number of ether oxygens (including phenoxy) is 2. The maximum atomic E-state index is 12.4. The Hall–Kier alpha value is -2.95. The molecule has 1 saturated heterocycles. The van der Waals surface area contributed by atoms with E-state index in [0.717, 1.165) is 16.7 Å². The Labute approximate surface area is 230 Å². The average molecular weight is 562 g/mol. The van der Waals surface area contributed by atoms with Crippen molar-refractivity contribution < 1.29 is 29.3 Å². The monoisotopic (exact) mass is 561 g/mol. The second-order valence-corrected chi connectivity index (χ2v) is 9.82. The quantitative estimate of drug-likeness (QED) is 0.263. The number of halogens is 2. The van der Waals surface area contributed by atoms with Gasteiger partial charge in [-0.3, -0.25) is 9.59 Å². The standard InChI is InChI=1S/C27H29Cl2N3O6/c28-25-26(29)32(16-30-25)14-21-13-22(18-10-8-17(15-33)9-11-18)38-27(37-21)19-4-3-5-20(12-19)31-23(34)6-1-2-7-24(35)36/h3-5,8-12,16,21-22,27,33H,1-2,6-7,13-15H2,(H,31,34)(H,35,36). The number of carbonyl (C=O) groups is 2. The van der Waals surface area contributed by atoms with Gasteiger partial charge in [-0.1, -0.05) is 59.6 Å². The topological polar surface area (TPSA) is 123 Å². The molecule has 1 fully saturated rings. The van der Waals surface area contributed by atoms with Gasteiger partial charge in [0, 0.05) is 30.5 Å². The molecule has 1 aliphatic heterocycles. The lowest BCUT2D eigenvalue weighted by Crippen LogP contribution is -2.32. The summed E-state index contributed by atoms with van der Waals surface area (Å²) < 4.78 is 14.4. The van der Waals surface area contributed by atoms with Gasteiger partial charge in [0.25, 0.3) is 0 Å². The number of carboxylic acids is 1. The third-order valence-corrected chi connectivity index (χ3v) is 7.00. The molecule has 38 heavy (non-hydrogen) atoms. The zero-order chi connectivity index (χ0) is 27.1. The van der Waals surface area contributed by atoms with Crippen molar-refractivity contribution >= 4 is 40.8 Å². The molecule has 1 amide bonds. The molecule has 11 heteroatoms. The summed E-state index contributed by atoms with van der Waals surface area (Å²) in [5, 5.41) is 21.6. The summed E-state index contributed by atoms with van der Waals surface area (Å²) in [6.07, 6.45) is 2.03. The smallest absolute Gasteiger partial charge is 0.303 e. The molecule has 0 saturated carbocycles. The zero-order valence-corrected chi connectivity index (χ0v) is 22.1. The number of hydrogen-bond donors (Lipinski definition) is 3. The lowest BCUT2D eigenvalue weighted by atomic mass is 10.00. The Balaban J connectivity index is 1.49. The minimum atomic E-state index is -0.870. The highest BCUT2D eigenvalue weighted by atomic mass is 35.5. The van der Waals surface area contributed by atoms with Crippen molar-refractivity contribution in [3.63, 3.8) is 0 Å². The zero-order valence-electron chi connectivity index (χ0n) is 20.6. The molecule has 4 rings (SSSR count). The van der Waals surface area contributed by atoms with Crippen LogP contribution in [-0.2, 0) is 32.2 Å².